The van der Waals surface area contributed by atoms with Gasteiger partial charge in [0.05, 0.1) is 10.6 Å². The lowest BCUT2D eigenvalue weighted by Crippen LogP contribution is -2.17. The second-order valence-corrected chi connectivity index (χ2v) is 10.7. The highest BCUT2D eigenvalue weighted by atomic mass is 35.5. The molecule has 29 heavy (non-hydrogen) atoms. The molecule has 0 aliphatic carbocycles. The summed E-state index contributed by atoms with van der Waals surface area (Å²) in [6.07, 6.45) is 0. The van der Waals surface area contributed by atoms with E-state index in [1.807, 2.05) is 30.3 Å². The smallest absolute Gasteiger partial charge is 0.261 e. The predicted octanol–water partition coefficient (Wildman–Crippen LogP) is 5.49. The van der Waals surface area contributed by atoms with Gasteiger partial charge in [-0.05, 0) is 47.9 Å². The zero-order chi connectivity index (χ0) is 20.4. The van der Waals surface area contributed by atoms with Crippen molar-refractivity contribution in [3.8, 4) is 0 Å². The molecule has 9 heteroatoms. The van der Waals surface area contributed by atoms with Crippen LogP contribution >= 0.6 is 22.9 Å². The summed E-state index contributed by atoms with van der Waals surface area (Å²) in [6, 6.07) is 22.2. The summed E-state index contributed by atoms with van der Waals surface area (Å²) in [5.74, 6) is 0. The van der Waals surface area contributed by atoms with Gasteiger partial charge in [0.1, 0.15) is 17.0 Å². The molecule has 0 bridgehead atoms. The molecule has 0 aliphatic heterocycles. The van der Waals surface area contributed by atoms with Gasteiger partial charge in [0, 0.05) is 15.8 Å². The zero-order valence-electron chi connectivity index (χ0n) is 14.8. The van der Waals surface area contributed by atoms with Crippen LogP contribution in [-0.2, 0) is 21.4 Å². The van der Waals surface area contributed by atoms with E-state index in [-0.39, 0.29) is 4.90 Å². The molecular weight excluding hydrogens is 448 g/mol. The van der Waals surface area contributed by atoms with Crippen LogP contribution in [0.3, 0.4) is 0 Å². The highest BCUT2D eigenvalue weighted by molar-refractivity contribution is 7.95. The molecular formula is C20H15ClN2O3S3. The molecule has 0 aliphatic rings. The topological polar surface area (TPSA) is 81.3 Å². The molecule has 1 heterocycles. The Morgan fingerprint density at radius 2 is 1.55 bits per heavy atom. The lowest BCUT2D eigenvalue weighted by Gasteiger charge is -2.15. The number of fused-ring (bicyclic) bond motifs is 1. The molecule has 1 unspecified atom stereocenters. The van der Waals surface area contributed by atoms with Crippen molar-refractivity contribution < 1.29 is 13.0 Å². The summed E-state index contributed by atoms with van der Waals surface area (Å²) in [7, 11) is -3.82. The van der Waals surface area contributed by atoms with Crippen LogP contribution in [0.5, 0.6) is 0 Å². The fourth-order valence-electron chi connectivity index (χ4n) is 2.68. The standard InChI is InChI=1S/C20H15ClN2O3S3/c21-15-9-11-16(12-10-15)29(25,26)23-18-7-3-2-6-17(18)22-28(24)20-13-14-5-1-4-8-19(14)27-20/h1-13,22-23H. The fourth-order valence-corrected chi connectivity index (χ4v) is 6.09. The molecule has 0 spiro atoms. The lowest BCUT2D eigenvalue weighted by molar-refractivity contribution is 0.600. The van der Waals surface area contributed by atoms with E-state index in [2.05, 4.69) is 9.44 Å². The summed E-state index contributed by atoms with van der Waals surface area (Å²) < 4.78 is 45.3. The van der Waals surface area contributed by atoms with Crippen LogP contribution in [0.2, 0.25) is 5.02 Å². The van der Waals surface area contributed by atoms with Gasteiger partial charge in [-0.1, -0.05) is 53.3 Å². The Labute approximate surface area is 180 Å². The molecule has 0 radical (unpaired) electrons. The quantitative estimate of drug-likeness (QED) is 0.371. The molecule has 5 nitrogen and oxygen atoms in total. The van der Waals surface area contributed by atoms with E-state index in [0.717, 1.165) is 10.1 Å². The first-order valence-electron chi connectivity index (χ1n) is 8.47. The SMILES string of the molecule is O=S(=O)(Nc1ccccc1N[S+]([O-])c1cc2ccccc2s1)c1ccc(Cl)cc1. The van der Waals surface area contributed by atoms with Crippen LogP contribution < -0.4 is 9.44 Å². The number of sulfonamides is 1. The molecule has 4 rings (SSSR count). The number of benzene rings is 3. The number of nitrogens with one attached hydrogen (secondary N) is 2. The van der Waals surface area contributed by atoms with E-state index in [0.29, 0.717) is 20.6 Å². The Morgan fingerprint density at radius 3 is 2.28 bits per heavy atom. The highest BCUT2D eigenvalue weighted by Crippen LogP contribution is 2.32. The average Bonchev–Trinajstić information content (AvgIpc) is 3.14. The van der Waals surface area contributed by atoms with Crippen LogP contribution in [0.15, 0.2) is 88.0 Å². The molecule has 3 aromatic carbocycles. The molecule has 4 aromatic rings. The largest absolute Gasteiger partial charge is 0.587 e. The molecule has 0 saturated heterocycles. The minimum atomic E-state index is -3.82. The number of hydrogen-bond acceptors (Lipinski definition) is 5. The van der Waals surface area contributed by atoms with Gasteiger partial charge < -0.3 is 4.55 Å². The average molecular weight is 463 g/mol. The summed E-state index contributed by atoms with van der Waals surface area (Å²) in [4.78, 5) is 0.0855. The first-order chi connectivity index (χ1) is 13.9. The minimum absolute atomic E-state index is 0.0855. The fraction of sp³-hybridized carbons (Fsp3) is 0. The van der Waals surface area contributed by atoms with Gasteiger partial charge in [-0.3, -0.25) is 4.72 Å². The van der Waals surface area contributed by atoms with Crippen molar-refractivity contribution in [2.75, 3.05) is 9.44 Å². The summed E-state index contributed by atoms with van der Waals surface area (Å²) in [6.45, 7) is 0. The Hall–Kier alpha value is -2.23. The van der Waals surface area contributed by atoms with E-state index in [9.17, 15) is 13.0 Å². The first kappa shape index (κ1) is 20.1. The van der Waals surface area contributed by atoms with Crippen molar-refractivity contribution in [3.05, 3.63) is 83.9 Å². The zero-order valence-corrected chi connectivity index (χ0v) is 18.0. The number of halogens is 1. The van der Waals surface area contributed by atoms with Crippen LogP contribution in [0.25, 0.3) is 10.1 Å². The maximum atomic E-state index is 12.8. The van der Waals surface area contributed by atoms with Gasteiger partial charge in [0.25, 0.3) is 10.0 Å². The predicted molar refractivity (Wildman–Crippen MR) is 121 cm³/mol. The van der Waals surface area contributed by atoms with E-state index in [1.54, 1.807) is 24.3 Å². The maximum absolute atomic E-state index is 12.8. The van der Waals surface area contributed by atoms with Crippen molar-refractivity contribution in [2.45, 2.75) is 9.10 Å². The van der Waals surface area contributed by atoms with Crippen molar-refractivity contribution in [2.24, 2.45) is 0 Å². The molecule has 1 atom stereocenters. The third-order valence-corrected chi connectivity index (χ3v) is 8.22. The van der Waals surface area contributed by atoms with Gasteiger partial charge in [0.15, 0.2) is 0 Å². The Bertz CT molecular complexity index is 1220. The summed E-state index contributed by atoms with van der Waals surface area (Å²) in [5.41, 5.74) is 0.720. The minimum Gasteiger partial charge on any atom is -0.587 e. The monoisotopic (exact) mass is 462 g/mol. The molecule has 148 valence electrons. The molecule has 2 N–H and O–H groups in total. The van der Waals surface area contributed by atoms with Crippen molar-refractivity contribution in [1.82, 2.24) is 0 Å². The molecule has 0 fully saturated rings. The van der Waals surface area contributed by atoms with Gasteiger partial charge >= 0.3 is 0 Å². The van der Waals surface area contributed by atoms with Gasteiger partial charge in [-0.25, -0.2) is 13.1 Å². The Balaban J connectivity index is 1.58. The van der Waals surface area contributed by atoms with E-state index in [4.69, 9.17) is 11.6 Å². The van der Waals surface area contributed by atoms with Gasteiger partial charge in [0.2, 0.25) is 4.21 Å². The van der Waals surface area contributed by atoms with E-state index in [1.165, 1.54) is 35.6 Å². The normalized spacial score (nSPS) is 12.6. The Kier molecular flexibility index (Phi) is 5.71. The summed E-state index contributed by atoms with van der Waals surface area (Å²) >= 11 is 5.72. The van der Waals surface area contributed by atoms with E-state index < -0.39 is 21.4 Å². The van der Waals surface area contributed by atoms with Crippen molar-refractivity contribution in [3.63, 3.8) is 0 Å². The second-order valence-electron chi connectivity index (χ2n) is 6.08. The third kappa shape index (κ3) is 4.52. The number of anilines is 2. The molecule has 1 aromatic heterocycles. The molecule has 0 saturated carbocycles. The van der Waals surface area contributed by atoms with Gasteiger partial charge in [-0.2, -0.15) is 0 Å². The van der Waals surface area contributed by atoms with Crippen LogP contribution in [0.1, 0.15) is 0 Å². The number of para-hydroxylation sites is 2. The van der Waals surface area contributed by atoms with E-state index >= 15 is 0 Å². The first-order valence-corrected chi connectivity index (χ1v) is 12.3. The number of thiophene rings is 1. The van der Waals surface area contributed by atoms with Crippen LogP contribution in [-0.4, -0.2) is 13.0 Å². The second kappa shape index (κ2) is 8.25. The van der Waals surface area contributed by atoms with Gasteiger partial charge in [-0.15, -0.1) is 0 Å². The maximum Gasteiger partial charge on any atom is 0.261 e. The third-order valence-electron chi connectivity index (χ3n) is 4.08. The highest BCUT2D eigenvalue weighted by Gasteiger charge is 2.20. The van der Waals surface area contributed by atoms with Crippen LogP contribution in [0, 0.1) is 0 Å². The lowest BCUT2D eigenvalue weighted by atomic mass is 10.3. The Morgan fingerprint density at radius 1 is 0.897 bits per heavy atom. The molecule has 0 amide bonds. The summed E-state index contributed by atoms with van der Waals surface area (Å²) in [5, 5.41) is 1.46. The van der Waals surface area contributed by atoms with Crippen LogP contribution in [0.4, 0.5) is 11.4 Å². The number of hydrogen-bond donors (Lipinski definition) is 2. The van der Waals surface area contributed by atoms with Crippen molar-refractivity contribution >= 4 is 65.8 Å². The number of rotatable bonds is 6. The van der Waals surface area contributed by atoms with Crippen molar-refractivity contribution in [1.29, 1.82) is 0 Å².